The number of ether oxygens (including phenoxy) is 1. The van der Waals surface area contributed by atoms with Crippen LogP contribution in [0.4, 0.5) is 4.79 Å². The Hall–Kier alpha value is -2.61. The zero-order valence-electron chi connectivity index (χ0n) is 13.0. The summed E-state index contributed by atoms with van der Waals surface area (Å²) >= 11 is 0. The molecule has 3 N–H and O–H groups in total. The van der Waals surface area contributed by atoms with Gasteiger partial charge in [0.1, 0.15) is 6.61 Å². The Bertz CT molecular complexity index is 650. The molecule has 0 spiro atoms. The monoisotopic (exact) mass is 333 g/mol. The lowest BCUT2D eigenvalue weighted by Gasteiger charge is -2.33. The first kappa shape index (κ1) is 16.3. The van der Waals surface area contributed by atoms with Crippen LogP contribution in [-0.2, 0) is 20.9 Å². The summed E-state index contributed by atoms with van der Waals surface area (Å²) in [5.41, 5.74) is 6.54. The molecule has 3 atom stereocenters. The summed E-state index contributed by atoms with van der Waals surface area (Å²) in [6.45, 7) is 0.590. The smallest absolute Gasteiger partial charge is 0.407 e. The fourth-order valence-corrected chi connectivity index (χ4v) is 3.27. The molecule has 0 aromatic heterocycles. The summed E-state index contributed by atoms with van der Waals surface area (Å²) in [6.07, 6.45) is -0.398. The van der Waals surface area contributed by atoms with Gasteiger partial charge in [-0.3, -0.25) is 4.79 Å². The minimum Gasteiger partial charge on any atom is -0.465 e. The summed E-state index contributed by atoms with van der Waals surface area (Å²) in [7, 11) is 0. The van der Waals surface area contributed by atoms with Gasteiger partial charge in [-0.05, 0) is 12.0 Å². The van der Waals surface area contributed by atoms with Crippen LogP contribution < -0.4 is 5.73 Å². The highest BCUT2D eigenvalue weighted by Crippen LogP contribution is 2.31. The van der Waals surface area contributed by atoms with E-state index >= 15 is 0 Å². The second-order valence-electron chi connectivity index (χ2n) is 6.04. The molecule has 128 valence electrons. The first-order valence-corrected chi connectivity index (χ1v) is 7.73. The molecule has 1 aromatic rings. The minimum atomic E-state index is -1.38. The summed E-state index contributed by atoms with van der Waals surface area (Å²) in [6, 6.07) is 7.29. The van der Waals surface area contributed by atoms with Gasteiger partial charge in [0.2, 0.25) is 0 Å². The van der Waals surface area contributed by atoms with Crippen molar-refractivity contribution < 1.29 is 24.2 Å². The van der Waals surface area contributed by atoms with Crippen molar-refractivity contribution >= 4 is 18.0 Å². The van der Waals surface area contributed by atoms with E-state index < -0.39 is 24.0 Å². The Morgan fingerprint density at radius 2 is 1.79 bits per heavy atom. The van der Waals surface area contributed by atoms with Gasteiger partial charge in [-0.2, -0.15) is 0 Å². The van der Waals surface area contributed by atoms with E-state index in [0.29, 0.717) is 6.42 Å². The molecule has 2 saturated heterocycles. The van der Waals surface area contributed by atoms with E-state index in [1.807, 2.05) is 18.2 Å². The molecule has 0 radical (unpaired) electrons. The number of fused-ring (bicyclic) bond motifs is 2. The lowest BCUT2D eigenvalue weighted by molar-refractivity contribution is -0.153. The van der Waals surface area contributed by atoms with E-state index in [9.17, 15) is 14.4 Å². The molecule has 2 fully saturated rings. The quantitative estimate of drug-likeness (QED) is 0.593. The van der Waals surface area contributed by atoms with Gasteiger partial charge in [-0.25, -0.2) is 9.59 Å². The highest BCUT2D eigenvalue weighted by Gasteiger charge is 2.48. The van der Waals surface area contributed by atoms with Crippen molar-refractivity contribution in [3.05, 3.63) is 35.9 Å². The van der Waals surface area contributed by atoms with E-state index in [4.69, 9.17) is 15.6 Å². The number of benzene rings is 1. The average Bonchev–Trinajstić information content (AvgIpc) is 3.20. The topological polar surface area (TPSA) is 113 Å². The normalized spacial score (nSPS) is 23.2. The number of esters is 1. The number of piperazine rings is 1. The number of nitrogens with zero attached hydrogens (tertiary/aromatic N) is 2. The molecule has 2 bridgehead atoms. The van der Waals surface area contributed by atoms with Crippen LogP contribution in [0.3, 0.4) is 0 Å². The number of carboxylic acid groups (broad SMARTS) is 1. The van der Waals surface area contributed by atoms with E-state index in [0.717, 1.165) is 5.56 Å². The Kier molecular flexibility index (Phi) is 4.39. The number of hydrogen-bond acceptors (Lipinski definition) is 5. The molecular weight excluding hydrogens is 314 g/mol. The molecule has 8 heteroatoms. The predicted octanol–water partition coefficient (Wildman–Crippen LogP) is 0.0202. The predicted molar refractivity (Wildman–Crippen MR) is 82.9 cm³/mol. The maximum absolute atomic E-state index is 12.4. The van der Waals surface area contributed by atoms with Crippen molar-refractivity contribution in [3.8, 4) is 0 Å². The summed E-state index contributed by atoms with van der Waals surface area (Å²) < 4.78 is 5.09. The molecule has 24 heavy (non-hydrogen) atoms. The highest BCUT2D eigenvalue weighted by molar-refractivity contribution is 6.02. The van der Waals surface area contributed by atoms with E-state index in [1.165, 1.54) is 9.80 Å². The van der Waals surface area contributed by atoms with Crippen molar-refractivity contribution in [3.63, 3.8) is 0 Å². The van der Waals surface area contributed by atoms with Crippen molar-refractivity contribution in [1.29, 1.82) is 0 Å². The third kappa shape index (κ3) is 3.05. The number of hydrogen-bond donors (Lipinski definition) is 2. The standard InChI is InChI=1S/C16H19N3O5/c17-13(15(21)24-9-10-4-2-1-3-5-10)14(20)18-7-12-6-11(18)8-19(12)16(22)23/h1-5,11-13H,6-9,17H2,(H,22,23)/t11-,12-,13?/m0/s1. The molecule has 0 aliphatic carbocycles. The van der Waals surface area contributed by atoms with Crippen LogP contribution in [0.5, 0.6) is 0 Å². The summed E-state index contributed by atoms with van der Waals surface area (Å²) in [4.78, 5) is 38.3. The Morgan fingerprint density at radius 1 is 1.17 bits per heavy atom. The average molecular weight is 333 g/mol. The van der Waals surface area contributed by atoms with Crippen LogP contribution in [0.25, 0.3) is 0 Å². The van der Waals surface area contributed by atoms with Crippen molar-refractivity contribution in [2.45, 2.75) is 31.2 Å². The van der Waals surface area contributed by atoms with Gasteiger partial charge in [0.15, 0.2) is 6.04 Å². The van der Waals surface area contributed by atoms with Crippen molar-refractivity contribution in [2.75, 3.05) is 13.1 Å². The number of nitrogens with two attached hydrogens (primary N) is 1. The number of rotatable bonds is 4. The fourth-order valence-electron chi connectivity index (χ4n) is 3.27. The number of carbonyl (C=O) groups is 3. The van der Waals surface area contributed by atoms with Gasteiger partial charge in [-0.1, -0.05) is 30.3 Å². The Labute approximate surface area is 138 Å². The van der Waals surface area contributed by atoms with E-state index in [2.05, 4.69) is 0 Å². The van der Waals surface area contributed by atoms with Gasteiger partial charge in [0, 0.05) is 13.1 Å². The Morgan fingerprint density at radius 3 is 2.38 bits per heavy atom. The van der Waals surface area contributed by atoms with Crippen molar-refractivity contribution in [1.82, 2.24) is 9.80 Å². The largest absolute Gasteiger partial charge is 0.465 e. The van der Waals surface area contributed by atoms with Crippen LogP contribution in [-0.4, -0.2) is 64.1 Å². The summed E-state index contributed by atoms with van der Waals surface area (Å²) in [5, 5.41) is 9.06. The number of amides is 2. The van der Waals surface area contributed by atoms with E-state index in [1.54, 1.807) is 12.1 Å². The minimum absolute atomic E-state index is 0.0551. The zero-order chi connectivity index (χ0) is 17.3. The molecule has 2 heterocycles. The summed E-state index contributed by atoms with van der Waals surface area (Å²) in [5.74, 6) is -1.28. The first-order chi connectivity index (χ1) is 11.5. The van der Waals surface area contributed by atoms with Crippen molar-refractivity contribution in [2.24, 2.45) is 5.73 Å². The number of likely N-dealkylation sites (tertiary alicyclic amines) is 2. The van der Waals surface area contributed by atoms with Gasteiger partial charge < -0.3 is 25.4 Å². The van der Waals surface area contributed by atoms with Crippen LogP contribution in [0.2, 0.25) is 0 Å². The maximum Gasteiger partial charge on any atom is 0.407 e. The third-order valence-corrected chi connectivity index (χ3v) is 4.51. The molecular formula is C16H19N3O5. The van der Waals surface area contributed by atoms with Crippen LogP contribution >= 0.6 is 0 Å². The molecule has 1 aromatic carbocycles. The van der Waals surface area contributed by atoms with E-state index in [-0.39, 0.29) is 31.8 Å². The van der Waals surface area contributed by atoms with Crippen LogP contribution in [0, 0.1) is 0 Å². The fraction of sp³-hybridized carbons (Fsp3) is 0.438. The third-order valence-electron chi connectivity index (χ3n) is 4.51. The van der Waals surface area contributed by atoms with Crippen LogP contribution in [0.1, 0.15) is 12.0 Å². The first-order valence-electron chi connectivity index (χ1n) is 7.73. The maximum atomic E-state index is 12.4. The molecule has 8 nitrogen and oxygen atoms in total. The van der Waals surface area contributed by atoms with Gasteiger partial charge in [0.25, 0.3) is 5.91 Å². The zero-order valence-corrected chi connectivity index (χ0v) is 13.0. The van der Waals surface area contributed by atoms with Crippen LogP contribution in [0.15, 0.2) is 30.3 Å². The highest BCUT2D eigenvalue weighted by atomic mass is 16.5. The Balaban J connectivity index is 1.54. The number of carbonyl (C=O) groups excluding carboxylic acids is 2. The SMILES string of the molecule is NC(C(=O)OCc1ccccc1)C(=O)N1C[C@@H]2C[C@H]1CN2C(=O)O. The lowest BCUT2D eigenvalue weighted by atomic mass is 10.2. The lowest BCUT2D eigenvalue weighted by Crippen LogP contribution is -2.56. The second-order valence-corrected chi connectivity index (χ2v) is 6.04. The molecule has 2 amide bonds. The second kappa shape index (κ2) is 6.48. The van der Waals surface area contributed by atoms with Gasteiger partial charge >= 0.3 is 12.1 Å². The molecule has 3 rings (SSSR count). The van der Waals surface area contributed by atoms with Gasteiger partial charge in [-0.15, -0.1) is 0 Å². The van der Waals surface area contributed by atoms with Gasteiger partial charge in [0.05, 0.1) is 12.1 Å². The molecule has 2 aliphatic heterocycles. The molecule has 2 aliphatic rings. The molecule has 0 saturated carbocycles. The molecule has 1 unspecified atom stereocenters.